The van der Waals surface area contributed by atoms with E-state index in [2.05, 4.69) is 16.9 Å². The van der Waals surface area contributed by atoms with E-state index in [0.717, 1.165) is 10.7 Å². The summed E-state index contributed by atoms with van der Waals surface area (Å²) in [5, 5.41) is 3.25. The summed E-state index contributed by atoms with van der Waals surface area (Å²) >= 11 is 1.23. The van der Waals surface area contributed by atoms with Gasteiger partial charge in [0.15, 0.2) is 0 Å². The summed E-state index contributed by atoms with van der Waals surface area (Å²) in [4.78, 5) is 16.0. The Kier molecular flexibility index (Phi) is 7.03. The molecule has 0 spiro atoms. The maximum absolute atomic E-state index is 11.3. The van der Waals surface area contributed by atoms with Crippen molar-refractivity contribution in [1.82, 2.24) is 5.32 Å². The molecule has 0 aliphatic carbocycles. The first kappa shape index (κ1) is 14.5. The number of carbonyl (C=O) groups excluding carboxylic acids is 1. The monoisotopic (exact) mass is 239 g/mol. The number of nitrogens with zero attached hydrogens (tertiary/aromatic N) is 1. The highest BCUT2D eigenvalue weighted by molar-refractivity contribution is 8.17. The molecule has 0 aliphatic rings. The molecule has 88 valence electrons. The van der Waals surface area contributed by atoms with Crippen molar-refractivity contribution in [2.45, 2.75) is 13.8 Å². The number of thioether (sulfide) groups is 1. The van der Waals surface area contributed by atoms with Crippen LogP contribution in [0, 0.1) is 0 Å². The fraction of sp³-hybridized carbons (Fsp3) is 0.273. The maximum atomic E-state index is 11.3. The molecular formula is C11H17N3OS. The van der Waals surface area contributed by atoms with Crippen molar-refractivity contribution >= 4 is 22.7 Å². The summed E-state index contributed by atoms with van der Waals surface area (Å²) < 4.78 is 0. The minimum Gasteiger partial charge on any atom is -0.404 e. The predicted octanol–water partition coefficient (Wildman–Crippen LogP) is 1.77. The van der Waals surface area contributed by atoms with Crippen LogP contribution in [0.4, 0.5) is 0 Å². The Morgan fingerprint density at radius 2 is 2.12 bits per heavy atom. The Morgan fingerprint density at radius 3 is 2.56 bits per heavy atom. The Morgan fingerprint density at radius 1 is 1.50 bits per heavy atom. The third-order valence-electron chi connectivity index (χ3n) is 1.55. The highest BCUT2D eigenvalue weighted by atomic mass is 32.2. The van der Waals surface area contributed by atoms with Crippen LogP contribution in [0.15, 0.2) is 40.5 Å². The number of amides is 1. The van der Waals surface area contributed by atoms with Crippen molar-refractivity contribution in [1.29, 1.82) is 0 Å². The van der Waals surface area contributed by atoms with E-state index >= 15 is 0 Å². The van der Waals surface area contributed by atoms with E-state index < -0.39 is 0 Å². The molecule has 0 radical (unpaired) electrons. The van der Waals surface area contributed by atoms with Crippen LogP contribution in [0.5, 0.6) is 0 Å². The van der Waals surface area contributed by atoms with Crippen LogP contribution in [0.25, 0.3) is 0 Å². The van der Waals surface area contributed by atoms with Gasteiger partial charge in [-0.2, -0.15) is 0 Å². The Hall–Kier alpha value is -1.49. The summed E-state index contributed by atoms with van der Waals surface area (Å²) in [5.74, 6) is -0.215. The fourth-order valence-corrected chi connectivity index (χ4v) is 1.69. The number of nitrogens with two attached hydrogens (primary N) is 1. The van der Waals surface area contributed by atoms with E-state index in [1.54, 1.807) is 19.2 Å². The van der Waals surface area contributed by atoms with Crippen LogP contribution in [0.3, 0.4) is 0 Å². The van der Waals surface area contributed by atoms with E-state index in [1.165, 1.54) is 18.0 Å². The molecule has 3 N–H and O–H groups in total. The quantitative estimate of drug-likeness (QED) is 0.340. The van der Waals surface area contributed by atoms with Gasteiger partial charge in [-0.05, 0) is 19.9 Å². The number of nitrogens with one attached hydrogen (secondary N) is 1. The Bertz CT molecular complexity index is 356. The normalized spacial score (nSPS) is 13.6. The van der Waals surface area contributed by atoms with Crippen LogP contribution in [0.2, 0.25) is 0 Å². The number of rotatable bonds is 4. The van der Waals surface area contributed by atoms with E-state index in [-0.39, 0.29) is 5.91 Å². The van der Waals surface area contributed by atoms with Gasteiger partial charge >= 0.3 is 0 Å². The van der Waals surface area contributed by atoms with Gasteiger partial charge in [0.05, 0.1) is 9.95 Å². The van der Waals surface area contributed by atoms with Crippen molar-refractivity contribution < 1.29 is 4.79 Å². The first-order valence-corrected chi connectivity index (χ1v) is 5.53. The number of carbonyl (C=O) groups is 1. The lowest BCUT2D eigenvalue weighted by Crippen LogP contribution is -2.19. The van der Waals surface area contributed by atoms with Crippen molar-refractivity contribution in [2.75, 3.05) is 7.05 Å². The van der Waals surface area contributed by atoms with Gasteiger partial charge in [-0.1, -0.05) is 24.4 Å². The minimum atomic E-state index is -0.215. The molecule has 0 rings (SSSR count). The average Bonchev–Trinajstić information content (AvgIpc) is 2.25. The third kappa shape index (κ3) is 5.41. The van der Waals surface area contributed by atoms with Gasteiger partial charge in [-0.3, -0.25) is 9.79 Å². The van der Waals surface area contributed by atoms with Gasteiger partial charge in [0.1, 0.15) is 0 Å². The van der Waals surface area contributed by atoms with Crippen LogP contribution in [-0.4, -0.2) is 18.0 Å². The summed E-state index contributed by atoms with van der Waals surface area (Å²) in [6, 6.07) is 0. The van der Waals surface area contributed by atoms with E-state index in [4.69, 9.17) is 5.73 Å². The van der Waals surface area contributed by atoms with Crippen molar-refractivity contribution in [3.8, 4) is 0 Å². The lowest BCUT2D eigenvalue weighted by Gasteiger charge is -2.04. The molecule has 0 fully saturated rings. The number of hydrogen-bond acceptors (Lipinski definition) is 4. The second-order valence-electron chi connectivity index (χ2n) is 2.89. The topological polar surface area (TPSA) is 67.5 Å². The van der Waals surface area contributed by atoms with Gasteiger partial charge < -0.3 is 11.1 Å². The van der Waals surface area contributed by atoms with Crippen LogP contribution < -0.4 is 11.1 Å². The number of likely N-dealkylation sites (N-methyl/N-ethyl adjacent to an activating group) is 1. The maximum Gasteiger partial charge on any atom is 0.259 e. The standard InChI is InChI=1S/C11H17N3OS/c1-5-6-8(2)14-9(3)16-10(7-12)11(15)13-4/h5-7H,1,12H2,2-4H3,(H,13,15)/b8-6+,10-7-,14-9?. The van der Waals surface area contributed by atoms with Gasteiger partial charge in [-0.15, -0.1) is 0 Å². The first-order chi connectivity index (χ1) is 7.54. The molecule has 0 aromatic heterocycles. The Labute approximate surface area is 100 Å². The zero-order chi connectivity index (χ0) is 12.6. The molecule has 0 heterocycles. The number of hydrogen-bond donors (Lipinski definition) is 2. The molecule has 0 aliphatic heterocycles. The molecule has 0 bridgehead atoms. The summed E-state index contributed by atoms with van der Waals surface area (Å²) in [5.41, 5.74) is 6.18. The fourth-order valence-electron chi connectivity index (χ4n) is 0.917. The van der Waals surface area contributed by atoms with Crippen LogP contribution >= 0.6 is 11.8 Å². The van der Waals surface area contributed by atoms with Gasteiger partial charge in [0.25, 0.3) is 5.91 Å². The van der Waals surface area contributed by atoms with Gasteiger partial charge in [-0.25, -0.2) is 0 Å². The van der Waals surface area contributed by atoms with E-state index in [1.807, 2.05) is 13.8 Å². The second kappa shape index (κ2) is 7.76. The number of aliphatic imine (C=N–C) groups is 1. The largest absolute Gasteiger partial charge is 0.404 e. The lowest BCUT2D eigenvalue weighted by atomic mass is 10.4. The smallest absolute Gasteiger partial charge is 0.259 e. The molecule has 0 atom stereocenters. The van der Waals surface area contributed by atoms with Crippen LogP contribution in [-0.2, 0) is 4.79 Å². The highest BCUT2D eigenvalue weighted by Gasteiger charge is 2.08. The summed E-state index contributed by atoms with van der Waals surface area (Å²) in [6.07, 6.45) is 4.72. The second-order valence-corrected chi connectivity index (χ2v) is 4.12. The molecule has 0 aromatic carbocycles. The Balaban J connectivity index is 4.66. The molecule has 0 aromatic rings. The summed E-state index contributed by atoms with van der Waals surface area (Å²) in [6.45, 7) is 7.25. The molecule has 5 heteroatoms. The zero-order valence-corrected chi connectivity index (χ0v) is 10.6. The minimum absolute atomic E-state index is 0.215. The predicted molar refractivity (Wildman–Crippen MR) is 71.0 cm³/mol. The first-order valence-electron chi connectivity index (χ1n) is 4.71. The van der Waals surface area contributed by atoms with Crippen LogP contribution in [0.1, 0.15) is 13.8 Å². The van der Waals surface area contributed by atoms with E-state index in [0.29, 0.717) is 4.91 Å². The summed E-state index contributed by atoms with van der Waals surface area (Å²) in [7, 11) is 1.56. The molecule has 1 amide bonds. The zero-order valence-electron chi connectivity index (χ0n) is 9.78. The SMILES string of the molecule is C=C/C=C(\C)N=C(C)S/C(=C\N)C(=O)NC. The van der Waals surface area contributed by atoms with Gasteiger partial charge in [0, 0.05) is 18.9 Å². The third-order valence-corrected chi connectivity index (χ3v) is 2.48. The van der Waals surface area contributed by atoms with Gasteiger partial charge in [0.2, 0.25) is 0 Å². The highest BCUT2D eigenvalue weighted by Crippen LogP contribution is 2.17. The lowest BCUT2D eigenvalue weighted by molar-refractivity contribution is -0.116. The average molecular weight is 239 g/mol. The molecule has 0 unspecified atom stereocenters. The molecular weight excluding hydrogens is 222 g/mol. The van der Waals surface area contributed by atoms with Crippen molar-refractivity contribution in [3.63, 3.8) is 0 Å². The van der Waals surface area contributed by atoms with Crippen molar-refractivity contribution in [2.24, 2.45) is 10.7 Å². The molecule has 0 saturated heterocycles. The van der Waals surface area contributed by atoms with Crippen molar-refractivity contribution in [3.05, 3.63) is 35.5 Å². The van der Waals surface area contributed by atoms with E-state index in [9.17, 15) is 4.79 Å². The number of allylic oxidation sites excluding steroid dienone is 3. The molecule has 4 nitrogen and oxygen atoms in total. The molecule has 0 saturated carbocycles. The molecule has 16 heavy (non-hydrogen) atoms.